The van der Waals surface area contributed by atoms with E-state index in [-0.39, 0.29) is 19.7 Å². The van der Waals surface area contributed by atoms with Gasteiger partial charge in [0, 0.05) is 32.8 Å². The molecule has 0 aliphatic carbocycles. The molecule has 17 heavy (non-hydrogen) atoms. The number of hydrogen-bond donors (Lipinski definition) is 2. The fourth-order valence-corrected chi connectivity index (χ4v) is 1.05. The van der Waals surface area contributed by atoms with E-state index in [0.29, 0.717) is 13.1 Å². The van der Waals surface area contributed by atoms with Crippen LogP contribution in [0.2, 0.25) is 0 Å². The van der Waals surface area contributed by atoms with Crippen LogP contribution in [0.25, 0.3) is 0 Å². The normalized spacial score (nSPS) is 15.1. The molecular weight excluding hydrogens is 237 g/mol. The van der Waals surface area contributed by atoms with Crippen LogP contribution in [-0.2, 0) is 4.79 Å². The van der Waals surface area contributed by atoms with Gasteiger partial charge in [0.05, 0.1) is 0 Å². The van der Waals surface area contributed by atoms with Gasteiger partial charge < -0.3 is 15.3 Å². The minimum atomic E-state index is -4.72. The second-order valence-electron chi connectivity index (χ2n) is 2.86. The fraction of sp³-hybridized carbons (Fsp3) is 0.900. The number of alkyl halides is 3. The van der Waals surface area contributed by atoms with Crippen molar-refractivity contribution in [2.45, 2.75) is 26.9 Å². The van der Waals surface area contributed by atoms with E-state index in [2.05, 4.69) is 5.32 Å². The Labute approximate surface area is 99.8 Å². The van der Waals surface area contributed by atoms with E-state index in [0.717, 1.165) is 4.90 Å². The van der Waals surface area contributed by atoms with Crippen molar-refractivity contribution in [2.75, 3.05) is 32.8 Å². The van der Waals surface area contributed by atoms with Gasteiger partial charge in [-0.2, -0.15) is 13.2 Å². The molecule has 1 amide bonds. The van der Waals surface area contributed by atoms with Crippen LogP contribution < -0.4 is 5.32 Å². The van der Waals surface area contributed by atoms with Gasteiger partial charge in [-0.3, -0.25) is 4.79 Å². The lowest BCUT2D eigenvalue weighted by atomic mass is 10.3. The largest absolute Gasteiger partial charge is 0.471 e. The van der Waals surface area contributed by atoms with Crippen molar-refractivity contribution in [1.82, 2.24) is 10.2 Å². The molecule has 0 atom stereocenters. The van der Waals surface area contributed by atoms with Crippen LogP contribution in [0.5, 0.6) is 0 Å². The first-order valence-corrected chi connectivity index (χ1v) is 5.61. The summed E-state index contributed by atoms with van der Waals surface area (Å²) in [7, 11) is 0. The average molecular weight is 258 g/mol. The highest BCUT2D eigenvalue weighted by Crippen LogP contribution is 2.18. The summed E-state index contributed by atoms with van der Waals surface area (Å²) in [5.74, 6) is -1.73. The van der Waals surface area contributed by atoms with E-state index in [1.807, 2.05) is 13.8 Å². The third kappa shape index (κ3) is 8.93. The van der Waals surface area contributed by atoms with Crippen LogP contribution in [0.4, 0.5) is 13.2 Å². The quantitative estimate of drug-likeness (QED) is 0.681. The number of piperazine rings is 1. The van der Waals surface area contributed by atoms with Crippen LogP contribution in [-0.4, -0.2) is 54.9 Å². The first-order valence-electron chi connectivity index (χ1n) is 5.61. The number of nitrogens with zero attached hydrogens (tertiary/aromatic N) is 1. The van der Waals surface area contributed by atoms with Crippen LogP contribution in [0.1, 0.15) is 20.8 Å². The van der Waals surface area contributed by atoms with Crippen molar-refractivity contribution in [2.24, 2.45) is 0 Å². The number of aliphatic hydroxyl groups excluding tert-OH is 1. The van der Waals surface area contributed by atoms with Gasteiger partial charge in [-0.15, -0.1) is 0 Å². The van der Waals surface area contributed by atoms with Crippen molar-refractivity contribution in [3.05, 3.63) is 0 Å². The van der Waals surface area contributed by atoms with Crippen molar-refractivity contribution in [3.8, 4) is 0 Å². The number of nitrogens with one attached hydrogen (secondary N) is 1. The lowest BCUT2D eigenvalue weighted by molar-refractivity contribution is -0.185. The van der Waals surface area contributed by atoms with E-state index in [1.165, 1.54) is 0 Å². The number of rotatable bonds is 0. The standard InChI is InChI=1S/C6H9F3N2O.C2H6O.C2H6/c7-6(8,9)5(12)11-3-1-10-2-4-11;1-2-3;1-2/h10H,1-4H2;3H,2H2,1H3;1-2H3. The maximum Gasteiger partial charge on any atom is 0.471 e. The summed E-state index contributed by atoms with van der Waals surface area (Å²) in [6, 6.07) is 0. The maximum atomic E-state index is 11.8. The van der Waals surface area contributed by atoms with E-state index < -0.39 is 12.1 Å². The van der Waals surface area contributed by atoms with E-state index in [1.54, 1.807) is 6.92 Å². The van der Waals surface area contributed by atoms with E-state index in [4.69, 9.17) is 5.11 Å². The van der Waals surface area contributed by atoms with Crippen LogP contribution >= 0.6 is 0 Å². The molecule has 2 N–H and O–H groups in total. The Morgan fingerprint density at radius 3 is 1.94 bits per heavy atom. The van der Waals surface area contributed by atoms with Crippen molar-refractivity contribution >= 4 is 5.91 Å². The molecule has 0 bridgehead atoms. The summed E-state index contributed by atoms with van der Waals surface area (Å²) in [6.07, 6.45) is -4.72. The minimum absolute atomic E-state index is 0.137. The number of halogens is 3. The smallest absolute Gasteiger partial charge is 0.397 e. The van der Waals surface area contributed by atoms with E-state index >= 15 is 0 Å². The third-order valence-electron chi connectivity index (χ3n) is 1.65. The molecule has 1 aliphatic heterocycles. The summed E-state index contributed by atoms with van der Waals surface area (Å²) < 4.78 is 35.5. The van der Waals surface area contributed by atoms with Crippen LogP contribution in [0.3, 0.4) is 0 Å². The van der Waals surface area contributed by atoms with Crippen molar-refractivity contribution in [3.63, 3.8) is 0 Å². The number of amides is 1. The predicted molar refractivity (Wildman–Crippen MR) is 59.6 cm³/mol. The van der Waals surface area contributed by atoms with Gasteiger partial charge in [-0.05, 0) is 6.92 Å². The summed E-state index contributed by atoms with van der Waals surface area (Å²) >= 11 is 0. The highest BCUT2D eigenvalue weighted by molar-refractivity contribution is 5.81. The number of aliphatic hydroxyl groups is 1. The molecule has 0 aromatic heterocycles. The number of hydrogen-bond acceptors (Lipinski definition) is 3. The Balaban J connectivity index is 0. The number of carbonyl (C=O) groups is 1. The lowest BCUT2D eigenvalue weighted by Gasteiger charge is -2.27. The van der Waals surface area contributed by atoms with Crippen molar-refractivity contribution < 1.29 is 23.1 Å². The average Bonchev–Trinajstić information content (AvgIpc) is 2.32. The van der Waals surface area contributed by atoms with Gasteiger partial charge in [0.25, 0.3) is 0 Å². The summed E-state index contributed by atoms with van der Waals surface area (Å²) in [5, 5.41) is 10.4. The molecule has 0 aromatic carbocycles. The Bertz CT molecular complexity index is 192. The fourth-order valence-electron chi connectivity index (χ4n) is 1.05. The molecule has 0 unspecified atom stereocenters. The summed E-state index contributed by atoms with van der Waals surface area (Å²) in [6.45, 7) is 7.07. The minimum Gasteiger partial charge on any atom is -0.397 e. The van der Waals surface area contributed by atoms with Gasteiger partial charge in [-0.1, -0.05) is 13.8 Å². The molecule has 104 valence electrons. The topological polar surface area (TPSA) is 52.6 Å². The maximum absolute atomic E-state index is 11.8. The Morgan fingerprint density at radius 1 is 1.29 bits per heavy atom. The Kier molecular flexibility index (Phi) is 11.3. The highest BCUT2D eigenvalue weighted by atomic mass is 19.4. The van der Waals surface area contributed by atoms with E-state index in [9.17, 15) is 18.0 Å². The molecule has 0 saturated carbocycles. The van der Waals surface area contributed by atoms with Gasteiger partial charge >= 0.3 is 12.1 Å². The van der Waals surface area contributed by atoms with Crippen LogP contribution in [0, 0.1) is 0 Å². The molecule has 1 saturated heterocycles. The third-order valence-corrected chi connectivity index (χ3v) is 1.65. The first-order chi connectivity index (χ1) is 7.93. The lowest BCUT2D eigenvalue weighted by Crippen LogP contribution is -2.50. The molecule has 4 nitrogen and oxygen atoms in total. The van der Waals surface area contributed by atoms with Gasteiger partial charge in [0.15, 0.2) is 0 Å². The zero-order valence-electron chi connectivity index (χ0n) is 10.5. The Hall–Kier alpha value is -0.820. The molecule has 1 rings (SSSR count). The summed E-state index contributed by atoms with van der Waals surface area (Å²) in [5.41, 5.74) is 0. The second-order valence-corrected chi connectivity index (χ2v) is 2.86. The molecule has 1 heterocycles. The predicted octanol–water partition coefficient (Wildman–Crippen LogP) is 1.01. The van der Waals surface area contributed by atoms with Gasteiger partial charge in [0.2, 0.25) is 0 Å². The zero-order chi connectivity index (χ0) is 13.9. The molecule has 7 heteroatoms. The van der Waals surface area contributed by atoms with Gasteiger partial charge in [-0.25, -0.2) is 0 Å². The second kappa shape index (κ2) is 10.3. The van der Waals surface area contributed by atoms with Crippen LogP contribution in [0.15, 0.2) is 0 Å². The monoisotopic (exact) mass is 258 g/mol. The highest BCUT2D eigenvalue weighted by Gasteiger charge is 2.42. The Morgan fingerprint density at radius 2 is 1.65 bits per heavy atom. The molecule has 1 fully saturated rings. The SMILES string of the molecule is CC.CCO.O=C(N1CCNCC1)C(F)(F)F. The van der Waals surface area contributed by atoms with Crippen molar-refractivity contribution in [1.29, 1.82) is 0 Å². The molecular formula is C10H21F3N2O2. The molecule has 1 aliphatic rings. The molecule has 0 aromatic rings. The summed E-state index contributed by atoms with van der Waals surface area (Å²) in [4.78, 5) is 11.4. The number of carbonyl (C=O) groups excluding carboxylic acids is 1. The van der Waals surface area contributed by atoms with Gasteiger partial charge in [0.1, 0.15) is 0 Å². The molecule has 0 spiro atoms. The first kappa shape index (κ1) is 18.5. The zero-order valence-corrected chi connectivity index (χ0v) is 10.5. The molecule has 0 radical (unpaired) electrons.